The van der Waals surface area contributed by atoms with Crippen molar-refractivity contribution in [1.82, 2.24) is 4.90 Å². The first-order chi connectivity index (χ1) is 15.6. The second-order valence-electron chi connectivity index (χ2n) is 8.11. The van der Waals surface area contributed by atoms with Gasteiger partial charge in [-0.3, -0.25) is 4.79 Å². The number of ketones is 1. The summed E-state index contributed by atoms with van der Waals surface area (Å²) in [5.41, 5.74) is 3.00. The van der Waals surface area contributed by atoms with Gasteiger partial charge in [0.05, 0.1) is 14.2 Å². The Balaban J connectivity index is 1.57. The van der Waals surface area contributed by atoms with Crippen LogP contribution in [0.3, 0.4) is 0 Å². The van der Waals surface area contributed by atoms with E-state index in [1.165, 1.54) is 0 Å². The topological polar surface area (TPSA) is 48.0 Å². The Kier molecular flexibility index (Phi) is 6.76. The molecule has 166 valence electrons. The van der Waals surface area contributed by atoms with Crippen LogP contribution in [-0.2, 0) is 0 Å². The summed E-state index contributed by atoms with van der Waals surface area (Å²) >= 11 is 0. The molecule has 5 nitrogen and oxygen atoms in total. The predicted molar refractivity (Wildman–Crippen MR) is 126 cm³/mol. The quantitative estimate of drug-likeness (QED) is 0.489. The highest BCUT2D eigenvalue weighted by molar-refractivity contribution is 6.13. The molecule has 1 aliphatic rings. The Morgan fingerprint density at radius 1 is 0.812 bits per heavy atom. The monoisotopic (exact) mass is 431 g/mol. The minimum absolute atomic E-state index is 0.0377. The number of carbonyl (C=O) groups is 1. The van der Waals surface area contributed by atoms with E-state index in [1.54, 1.807) is 14.2 Å². The van der Waals surface area contributed by atoms with Crippen molar-refractivity contribution >= 4 is 5.78 Å². The molecule has 1 saturated heterocycles. The van der Waals surface area contributed by atoms with Crippen molar-refractivity contribution < 1.29 is 19.0 Å². The van der Waals surface area contributed by atoms with Crippen LogP contribution in [0.4, 0.5) is 0 Å². The van der Waals surface area contributed by atoms with Crippen molar-refractivity contribution in [2.45, 2.75) is 18.9 Å². The van der Waals surface area contributed by atoms with Crippen LogP contribution in [0.15, 0.2) is 66.7 Å². The maximum absolute atomic E-state index is 13.4. The third kappa shape index (κ3) is 4.94. The summed E-state index contributed by atoms with van der Waals surface area (Å²) in [6.07, 6.45) is 2.28. The number of hydrogen-bond acceptors (Lipinski definition) is 5. The number of likely N-dealkylation sites (tertiary alicyclic amines) is 1. The zero-order valence-corrected chi connectivity index (χ0v) is 18.8. The summed E-state index contributed by atoms with van der Waals surface area (Å²) in [4.78, 5) is 15.7. The number of nitrogens with zero attached hydrogens (tertiary/aromatic N) is 1. The number of methoxy groups -OCH3 is 2. The van der Waals surface area contributed by atoms with Crippen LogP contribution < -0.4 is 14.2 Å². The van der Waals surface area contributed by atoms with Gasteiger partial charge >= 0.3 is 0 Å². The Bertz CT molecular complexity index is 1050. The Labute approximate surface area is 189 Å². The number of carbonyl (C=O) groups excluding carboxylic acids is 1. The number of ether oxygens (including phenoxy) is 3. The first-order valence-electron chi connectivity index (χ1n) is 10.9. The molecule has 1 aliphatic heterocycles. The van der Waals surface area contributed by atoms with E-state index in [-0.39, 0.29) is 11.9 Å². The number of benzene rings is 3. The van der Waals surface area contributed by atoms with Gasteiger partial charge in [-0.15, -0.1) is 0 Å². The zero-order chi connectivity index (χ0) is 22.5. The maximum Gasteiger partial charge on any atom is 0.193 e. The van der Waals surface area contributed by atoms with Crippen molar-refractivity contribution in [3.05, 3.63) is 77.9 Å². The lowest BCUT2D eigenvalue weighted by molar-refractivity contribution is 0.103. The van der Waals surface area contributed by atoms with Crippen molar-refractivity contribution in [1.29, 1.82) is 0 Å². The molecule has 0 radical (unpaired) electrons. The Morgan fingerprint density at radius 3 is 2.03 bits per heavy atom. The van der Waals surface area contributed by atoms with Crippen LogP contribution in [-0.4, -0.2) is 51.1 Å². The molecule has 0 saturated carbocycles. The second-order valence-corrected chi connectivity index (χ2v) is 8.11. The van der Waals surface area contributed by atoms with E-state index in [1.807, 2.05) is 66.7 Å². The summed E-state index contributed by atoms with van der Waals surface area (Å²) in [5.74, 6) is 2.24. The molecule has 32 heavy (non-hydrogen) atoms. The summed E-state index contributed by atoms with van der Waals surface area (Å²) in [6, 6.07) is 20.7. The Morgan fingerprint density at radius 2 is 1.41 bits per heavy atom. The SMILES string of the molecule is COc1ccc(-c2cc(OC)ccc2C(=O)c2ccc(OC3CCN(C)CC3)cc2)cc1. The van der Waals surface area contributed by atoms with Crippen LogP contribution in [0.1, 0.15) is 28.8 Å². The first kappa shape index (κ1) is 21.9. The average molecular weight is 432 g/mol. The molecule has 0 spiro atoms. The lowest BCUT2D eigenvalue weighted by Crippen LogP contribution is -2.35. The molecule has 0 amide bonds. The van der Waals surface area contributed by atoms with E-state index < -0.39 is 0 Å². The smallest absolute Gasteiger partial charge is 0.193 e. The number of hydrogen-bond donors (Lipinski definition) is 0. The van der Waals surface area contributed by atoms with Gasteiger partial charge < -0.3 is 19.1 Å². The molecule has 0 N–H and O–H groups in total. The molecule has 3 aromatic rings. The summed E-state index contributed by atoms with van der Waals surface area (Å²) < 4.78 is 16.8. The maximum atomic E-state index is 13.4. The van der Waals surface area contributed by atoms with Crippen molar-refractivity contribution in [3.8, 4) is 28.4 Å². The Hall–Kier alpha value is -3.31. The van der Waals surface area contributed by atoms with Crippen LogP contribution in [0.25, 0.3) is 11.1 Å². The van der Waals surface area contributed by atoms with Gasteiger partial charge in [0.15, 0.2) is 5.78 Å². The highest BCUT2D eigenvalue weighted by Gasteiger charge is 2.19. The normalized spacial score (nSPS) is 14.7. The lowest BCUT2D eigenvalue weighted by Gasteiger charge is -2.29. The van der Waals surface area contributed by atoms with Crippen LogP contribution in [0.5, 0.6) is 17.2 Å². The van der Waals surface area contributed by atoms with Gasteiger partial charge in [-0.05, 0) is 85.6 Å². The van der Waals surface area contributed by atoms with Crippen LogP contribution in [0, 0.1) is 0 Å². The van der Waals surface area contributed by atoms with E-state index >= 15 is 0 Å². The lowest BCUT2D eigenvalue weighted by atomic mass is 9.93. The first-order valence-corrected chi connectivity index (χ1v) is 10.9. The fourth-order valence-corrected chi connectivity index (χ4v) is 3.99. The minimum Gasteiger partial charge on any atom is -0.497 e. The van der Waals surface area contributed by atoms with Gasteiger partial charge in [-0.1, -0.05) is 12.1 Å². The third-order valence-electron chi connectivity index (χ3n) is 5.96. The standard InChI is InChI=1S/C27H29NO4/c1-28-16-14-23(15-17-28)32-22-10-6-20(7-11-22)27(29)25-13-12-24(31-3)18-26(25)19-4-8-21(30-2)9-5-19/h4-13,18,23H,14-17H2,1-3H3. The average Bonchev–Trinajstić information content (AvgIpc) is 2.85. The van der Waals surface area contributed by atoms with Gasteiger partial charge in [0.2, 0.25) is 0 Å². The summed E-state index contributed by atoms with van der Waals surface area (Å²) in [6.45, 7) is 2.10. The molecule has 4 rings (SSSR count). The largest absolute Gasteiger partial charge is 0.497 e. The van der Waals surface area contributed by atoms with Gasteiger partial charge in [0.1, 0.15) is 23.4 Å². The molecule has 5 heteroatoms. The molecule has 0 aromatic heterocycles. The highest BCUT2D eigenvalue weighted by atomic mass is 16.5. The van der Waals surface area contributed by atoms with Gasteiger partial charge in [-0.25, -0.2) is 0 Å². The molecular weight excluding hydrogens is 402 g/mol. The van der Waals surface area contributed by atoms with E-state index in [0.29, 0.717) is 16.9 Å². The number of piperidine rings is 1. The minimum atomic E-state index is -0.0377. The molecule has 1 fully saturated rings. The fourth-order valence-electron chi connectivity index (χ4n) is 3.99. The highest BCUT2D eigenvalue weighted by Crippen LogP contribution is 2.31. The van der Waals surface area contributed by atoms with E-state index in [0.717, 1.165) is 48.6 Å². The molecule has 0 unspecified atom stereocenters. The van der Waals surface area contributed by atoms with Crippen molar-refractivity contribution in [3.63, 3.8) is 0 Å². The van der Waals surface area contributed by atoms with Gasteiger partial charge in [-0.2, -0.15) is 0 Å². The summed E-state index contributed by atoms with van der Waals surface area (Å²) in [7, 11) is 5.39. The van der Waals surface area contributed by atoms with E-state index in [2.05, 4.69) is 11.9 Å². The fraction of sp³-hybridized carbons (Fsp3) is 0.296. The van der Waals surface area contributed by atoms with E-state index in [4.69, 9.17) is 14.2 Å². The zero-order valence-electron chi connectivity index (χ0n) is 18.8. The molecule has 1 heterocycles. The van der Waals surface area contributed by atoms with Gasteiger partial charge in [0, 0.05) is 24.2 Å². The molecule has 0 aliphatic carbocycles. The molecule has 0 bridgehead atoms. The van der Waals surface area contributed by atoms with Gasteiger partial charge in [0.25, 0.3) is 0 Å². The summed E-state index contributed by atoms with van der Waals surface area (Å²) in [5, 5.41) is 0. The van der Waals surface area contributed by atoms with Crippen molar-refractivity contribution in [2.75, 3.05) is 34.4 Å². The van der Waals surface area contributed by atoms with Crippen LogP contribution >= 0.6 is 0 Å². The molecule has 3 aromatic carbocycles. The van der Waals surface area contributed by atoms with E-state index in [9.17, 15) is 4.79 Å². The van der Waals surface area contributed by atoms with Crippen LogP contribution in [0.2, 0.25) is 0 Å². The predicted octanol–water partition coefficient (Wildman–Crippen LogP) is 5.07. The van der Waals surface area contributed by atoms with Crippen molar-refractivity contribution in [2.24, 2.45) is 0 Å². The second kappa shape index (κ2) is 9.88. The molecular formula is C27H29NO4. The number of rotatable bonds is 7. The third-order valence-corrected chi connectivity index (χ3v) is 5.96. The molecule has 0 atom stereocenters.